The van der Waals surface area contributed by atoms with E-state index in [9.17, 15) is 0 Å². The fourth-order valence-corrected chi connectivity index (χ4v) is 2.10. The summed E-state index contributed by atoms with van der Waals surface area (Å²) < 4.78 is 7.72. The van der Waals surface area contributed by atoms with Crippen LogP contribution in [0.15, 0.2) is 12.4 Å². The standard InChI is InChI=1S/C12H23N3O/c1-6-15-8-7-14-12(15)10(13-4)11(16-5)9(2)3/h7-11,13H,6H2,1-5H3. The Morgan fingerprint density at radius 2 is 2.19 bits per heavy atom. The molecule has 2 atom stereocenters. The van der Waals surface area contributed by atoms with E-state index in [0.717, 1.165) is 12.4 Å². The number of rotatable bonds is 6. The number of likely N-dealkylation sites (N-methyl/N-ethyl adjacent to an activating group) is 1. The third kappa shape index (κ3) is 2.62. The van der Waals surface area contributed by atoms with E-state index in [1.807, 2.05) is 19.4 Å². The van der Waals surface area contributed by atoms with Gasteiger partial charge in [0.15, 0.2) is 0 Å². The summed E-state index contributed by atoms with van der Waals surface area (Å²) in [6, 6.07) is 0.139. The van der Waals surface area contributed by atoms with Crippen molar-refractivity contribution < 1.29 is 4.74 Å². The molecule has 1 N–H and O–H groups in total. The van der Waals surface area contributed by atoms with Crippen LogP contribution >= 0.6 is 0 Å². The Balaban J connectivity index is 2.96. The minimum absolute atomic E-state index is 0.137. The van der Waals surface area contributed by atoms with Crippen LogP contribution in [0.3, 0.4) is 0 Å². The number of aromatic nitrogens is 2. The van der Waals surface area contributed by atoms with Gasteiger partial charge in [-0.1, -0.05) is 13.8 Å². The second kappa shape index (κ2) is 6.01. The molecular weight excluding hydrogens is 202 g/mol. The van der Waals surface area contributed by atoms with Crippen molar-refractivity contribution in [2.75, 3.05) is 14.2 Å². The average Bonchev–Trinajstić information content (AvgIpc) is 2.72. The number of aryl methyl sites for hydroxylation is 1. The lowest BCUT2D eigenvalue weighted by atomic mass is 9.99. The molecule has 0 saturated carbocycles. The molecule has 0 saturated heterocycles. The van der Waals surface area contributed by atoms with Gasteiger partial charge in [-0.05, 0) is 19.9 Å². The highest BCUT2D eigenvalue weighted by Gasteiger charge is 2.27. The highest BCUT2D eigenvalue weighted by Crippen LogP contribution is 2.22. The first-order valence-electron chi connectivity index (χ1n) is 5.86. The van der Waals surface area contributed by atoms with Gasteiger partial charge in [-0.3, -0.25) is 0 Å². The summed E-state index contributed by atoms with van der Waals surface area (Å²) >= 11 is 0. The van der Waals surface area contributed by atoms with Gasteiger partial charge in [0.1, 0.15) is 5.82 Å². The van der Waals surface area contributed by atoms with E-state index in [1.165, 1.54) is 0 Å². The van der Waals surface area contributed by atoms with E-state index < -0.39 is 0 Å². The molecule has 4 heteroatoms. The number of hydrogen-bond donors (Lipinski definition) is 1. The zero-order chi connectivity index (χ0) is 12.1. The first-order valence-corrected chi connectivity index (χ1v) is 5.86. The maximum atomic E-state index is 5.57. The maximum absolute atomic E-state index is 5.57. The minimum Gasteiger partial charge on any atom is -0.379 e. The van der Waals surface area contributed by atoms with E-state index in [1.54, 1.807) is 7.11 Å². The molecular formula is C12H23N3O. The van der Waals surface area contributed by atoms with Crippen molar-refractivity contribution in [3.63, 3.8) is 0 Å². The Bertz CT molecular complexity index is 309. The molecule has 0 fully saturated rings. The lowest BCUT2D eigenvalue weighted by Crippen LogP contribution is -2.36. The molecule has 0 bridgehead atoms. The molecule has 2 unspecified atom stereocenters. The van der Waals surface area contributed by atoms with Crippen LogP contribution in [0.25, 0.3) is 0 Å². The van der Waals surface area contributed by atoms with Crippen LogP contribution in [0, 0.1) is 5.92 Å². The van der Waals surface area contributed by atoms with E-state index in [2.05, 4.69) is 35.6 Å². The molecule has 0 spiro atoms. The van der Waals surface area contributed by atoms with Gasteiger partial charge < -0.3 is 14.6 Å². The highest BCUT2D eigenvalue weighted by atomic mass is 16.5. The van der Waals surface area contributed by atoms with Crippen molar-refractivity contribution in [2.45, 2.75) is 39.5 Å². The predicted molar refractivity (Wildman–Crippen MR) is 65.3 cm³/mol. The summed E-state index contributed by atoms with van der Waals surface area (Å²) in [6.07, 6.45) is 3.99. The van der Waals surface area contributed by atoms with Crippen molar-refractivity contribution >= 4 is 0 Å². The lowest BCUT2D eigenvalue weighted by molar-refractivity contribution is 0.0314. The lowest BCUT2D eigenvalue weighted by Gasteiger charge is -2.28. The first kappa shape index (κ1) is 13.2. The third-order valence-corrected chi connectivity index (χ3v) is 2.94. The molecule has 16 heavy (non-hydrogen) atoms. The van der Waals surface area contributed by atoms with Crippen LogP contribution in [-0.2, 0) is 11.3 Å². The first-order chi connectivity index (χ1) is 7.65. The van der Waals surface area contributed by atoms with E-state index in [-0.39, 0.29) is 12.1 Å². The number of nitrogens with one attached hydrogen (secondary N) is 1. The summed E-state index contributed by atoms with van der Waals surface area (Å²) in [4.78, 5) is 4.43. The van der Waals surface area contributed by atoms with Gasteiger partial charge in [0.2, 0.25) is 0 Å². The van der Waals surface area contributed by atoms with Crippen molar-refractivity contribution in [3.05, 3.63) is 18.2 Å². The average molecular weight is 225 g/mol. The van der Waals surface area contributed by atoms with Gasteiger partial charge in [0, 0.05) is 26.0 Å². The number of ether oxygens (including phenoxy) is 1. The van der Waals surface area contributed by atoms with E-state index >= 15 is 0 Å². The van der Waals surface area contributed by atoms with Crippen LogP contribution < -0.4 is 5.32 Å². The molecule has 0 radical (unpaired) electrons. The number of methoxy groups -OCH3 is 1. The van der Waals surface area contributed by atoms with Crippen LogP contribution in [0.4, 0.5) is 0 Å². The number of imidazole rings is 1. The second-order valence-corrected chi connectivity index (χ2v) is 4.28. The summed E-state index contributed by atoms with van der Waals surface area (Å²) in [5.41, 5.74) is 0. The minimum atomic E-state index is 0.137. The van der Waals surface area contributed by atoms with Gasteiger partial charge in [0.05, 0.1) is 12.1 Å². The molecule has 0 aromatic carbocycles. The van der Waals surface area contributed by atoms with Crippen LogP contribution in [0.2, 0.25) is 0 Å². The Hall–Kier alpha value is -0.870. The Morgan fingerprint density at radius 1 is 1.50 bits per heavy atom. The molecule has 4 nitrogen and oxygen atoms in total. The van der Waals surface area contributed by atoms with Crippen LogP contribution in [0.1, 0.15) is 32.6 Å². The summed E-state index contributed by atoms with van der Waals surface area (Å²) in [5.74, 6) is 1.50. The van der Waals surface area contributed by atoms with Crippen molar-refractivity contribution in [1.82, 2.24) is 14.9 Å². The summed E-state index contributed by atoms with van der Waals surface area (Å²) in [5, 5.41) is 3.30. The molecule has 1 aromatic heterocycles. The Morgan fingerprint density at radius 3 is 2.62 bits per heavy atom. The quantitative estimate of drug-likeness (QED) is 0.803. The molecule has 1 rings (SSSR count). The number of hydrogen-bond acceptors (Lipinski definition) is 3. The molecule has 92 valence electrons. The van der Waals surface area contributed by atoms with Gasteiger partial charge in [-0.2, -0.15) is 0 Å². The molecule has 0 aliphatic rings. The van der Waals surface area contributed by atoms with Gasteiger partial charge in [-0.15, -0.1) is 0 Å². The largest absolute Gasteiger partial charge is 0.379 e. The highest BCUT2D eigenvalue weighted by molar-refractivity contribution is 5.02. The zero-order valence-electron chi connectivity index (χ0n) is 10.9. The number of nitrogens with zero attached hydrogens (tertiary/aromatic N) is 2. The smallest absolute Gasteiger partial charge is 0.128 e. The van der Waals surface area contributed by atoms with Gasteiger partial charge >= 0.3 is 0 Å². The monoisotopic (exact) mass is 225 g/mol. The summed E-state index contributed by atoms with van der Waals surface area (Å²) in [6.45, 7) is 7.38. The maximum Gasteiger partial charge on any atom is 0.128 e. The van der Waals surface area contributed by atoms with E-state index in [0.29, 0.717) is 5.92 Å². The normalized spacial score (nSPS) is 15.4. The van der Waals surface area contributed by atoms with Gasteiger partial charge in [0.25, 0.3) is 0 Å². The van der Waals surface area contributed by atoms with E-state index in [4.69, 9.17) is 4.74 Å². The van der Waals surface area contributed by atoms with Crippen LogP contribution in [0.5, 0.6) is 0 Å². The fraction of sp³-hybridized carbons (Fsp3) is 0.750. The predicted octanol–water partition coefficient (Wildman–Crippen LogP) is 1.83. The molecule has 0 amide bonds. The molecule has 1 heterocycles. The summed E-state index contributed by atoms with van der Waals surface area (Å²) in [7, 11) is 3.71. The fourth-order valence-electron chi connectivity index (χ4n) is 2.10. The SMILES string of the molecule is CCn1ccnc1C(NC)C(OC)C(C)C. The van der Waals surface area contributed by atoms with Crippen molar-refractivity contribution in [1.29, 1.82) is 0 Å². The molecule has 0 aliphatic heterocycles. The van der Waals surface area contributed by atoms with Crippen LogP contribution in [-0.4, -0.2) is 29.8 Å². The third-order valence-electron chi connectivity index (χ3n) is 2.94. The van der Waals surface area contributed by atoms with Crippen molar-refractivity contribution in [3.8, 4) is 0 Å². The second-order valence-electron chi connectivity index (χ2n) is 4.28. The van der Waals surface area contributed by atoms with Gasteiger partial charge in [-0.25, -0.2) is 4.98 Å². The van der Waals surface area contributed by atoms with Crippen molar-refractivity contribution in [2.24, 2.45) is 5.92 Å². The Kier molecular flexibility index (Phi) is 4.96. The topological polar surface area (TPSA) is 39.1 Å². The zero-order valence-corrected chi connectivity index (χ0v) is 10.9. The molecule has 1 aromatic rings. The Labute approximate surface area is 98.0 Å². The molecule has 0 aliphatic carbocycles.